The maximum Gasteiger partial charge on any atom is 0.410 e. The smallest absolute Gasteiger partial charge is 0.410 e. The molecule has 1 atom stereocenters. The number of nitrogens with one attached hydrogen (secondary N) is 1. The quantitative estimate of drug-likeness (QED) is 0.781. The standard InChI is InChI=1S/C14H26N2O2/c1-14(2,3)18-13(17)16-9-8-15-10-12(16)11-6-4-5-7-11/h11-12,15H,4-10H2,1-3H3/t12-/m0/s1. The van der Waals surface area contributed by atoms with Gasteiger partial charge in [0.2, 0.25) is 0 Å². The second-order valence-corrected chi connectivity index (χ2v) is 6.49. The Morgan fingerprint density at radius 3 is 2.56 bits per heavy atom. The van der Waals surface area contributed by atoms with Gasteiger partial charge in [-0.1, -0.05) is 12.8 Å². The fraction of sp³-hybridized carbons (Fsp3) is 0.929. The Morgan fingerprint density at radius 1 is 1.28 bits per heavy atom. The molecule has 0 bridgehead atoms. The predicted octanol–water partition coefficient (Wildman–Crippen LogP) is 2.39. The molecule has 0 aromatic carbocycles. The van der Waals surface area contributed by atoms with Crippen LogP contribution in [0.4, 0.5) is 4.79 Å². The van der Waals surface area contributed by atoms with Crippen molar-refractivity contribution in [1.82, 2.24) is 10.2 Å². The van der Waals surface area contributed by atoms with Crippen LogP contribution in [0.15, 0.2) is 0 Å². The molecule has 2 rings (SSSR count). The molecule has 0 aromatic rings. The summed E-state index contributed by atoms with van der Waals surface area (Å²) in [6, 6.07) is 0.330. The average Bonchev–Trinajstić information content (AvgIpc) is 2.80. The minimum Gasteiger partial charge on any atom is -0.444 e. The van der Waals surface area contributed by atoms with Crippen molar-refractivity contribution in [2.75, 3.05) is 19.6 Å². The molecule has 104 valence electrons. The Labute approximate surface area is 110 Å². The summed E-state index contributed by atoms with van der Waals surface area (Å²) in [6.07, 6.45) is 4.99. The van der Waals surface area contributed by atoms with Crippen LogP contribution in [0.2, 0.25) is 0 Å². The van der Waals surface area contributed by atoms with Gasteiger partial charge in [-0.25, -0.2) is 4.79 Å². The first-order valence-corrected chi connectivity index (χ1v) is 7.18. The molecule has 0 radical (unpaired) electrons. The Balaban J connectivity index is 2.00. The number of piperazine rings is 1. The summed E-state index contributed by atoms with van der Waals surface area (Å²) in [6.45, 7) is 8.36. The Bertz CT molecular complexity index is 293. The van der Waals surface area contributed by atoms with E-state index in [1.165, 1.54) is 25.7 Å². The van der Waals surface area contributed by atoms with Crippen molar-refractivity contribution >= 4 is 6.09 Å². The first kappa shape index (κ1) is 13.7. The molecule has 0 unspecified atom stereocenters. The van der Waals surface area contributed by atoms with Gasteiger partial charge in [0.15, 0.2) is 0 Å². The molecule has 1 saturated carbocycles. The van der Waals surface area contributed by atoms with E-state index in [9.17, 15) is 4.79 Å². The zero-order valence-corrected chi connectivity index (χ0v) is 11.9. The van der Waals surface area contributed by atoms with E-state index in [1.54, 1.807) is 0 Å². The number of carbonyl (C=O) groups excluding carboxylic acids is 1. The third-order valence-corrected chi connectivity index (χ3v) is 3.86. The normalized spacial score (nSPS) is 26.4. The maximum atomic E-state index is 12.3. The number of amides is 1. The third kappa shape index (κ3) is 3.37. The van der Waals surface area contributed by atoms with Crippen LogP contribution < -0.4 is 5.32 Å². The average molecular weight is 254 g/mol. The van der Waals surface area contributed by atoms with Gasteiger partial charge in [0.25, 0.3) is 0 Å². The molecule has 1 heterocycles. The van der Waals surface area contributed by atoms with Crippen LogP contribution in [-0.2, 0) is 4.74 Å². The molecule has 1 N–H and O–H groups in total. The topological polar surface area (TPSA) is 41.6 Å². The van der Waals surface area contributed by atoms with Gasteiger partial charge >= 0.3 is 6.09 Å². The predicted molar refractivity (Wildman–Crippen MR) is 71.6 cm³/mol. The van der Waals surface area contributed by atoms with E-state index in [1.807, 2.05) is 25.7 Å². The number of ether oxygens (including phenoxy) is 1. The van der Waals surface area contributed by atoms with Crippen molar-refractivity contribution in [2.45, 2.75) is 58.1 Å². The van der Waals surface area contributed by atoms with Crippen LogP contribution in [0.25, 0.3) is 0 Å². The lowest BCUT2D eigenvalue weighted by Gasteiger charge is -2.40. The zero-order chi connectivity index (χ0) is 13.2. The Hall–Kier alpha value is -0.770. The molecular weight excluding hydrogens is 228 g/mol. The minimum absolute atomic E-state index is 0.138. The van der Waals surface area contributed by atoms with Crippen molar-refractivity contribution in [2.24, 2.45) is 5.92 Å². The molecule has 0 spiro atoms. The fourth-order valence-electron chi connectivity index (χ4n) is 3.04. The van der Waals surface area contributed by atoms with E-state index in [4.69, 9.17) is 4.74 Å². The van der Waals surface area contributed by atoms with E-state index in [0.717, 1.165) is 19.6 Å². The van der Waals surface area contributed by atoms with E-state index >= 15 is 0 Å². The highest BCUT2D eigenvalue weighted by Gasteiger charge is 2.36. The van der Waals surface area contributed by atoms with Crippen LogP contribution in [0.5, 0.6) is 0 Å². The van der Waals surface area contributed by atoms with Crippen molar-refractivity contribution in [3.63, 3.8) is 0 Å². The fourth-order valence-corrected chi connectivity index (χ4v) is 3.04. The van der Waals surface area contributed by atoms with E-state index in [2.05, 4.69) is 5.32 Å². The number of hydrogen-bond acceptors (Lipinski definition) is 3. The van der Waals surface area contributed by atoms with Crippen molar-refractivity contribution in [1.29, 1.82) is 0 Å². The molecule has 1 amide bonds. The van der Waals surface area contributed by atoms with Crippen LogP contribution >= 0.6 is 0 Å². The molecular formula is C14H26N2O2. The molecule has 2 fully saturated rings. The van der Waals surface area contributed by atoms with Crippen LogP contribution in [0, 0.1) is 5.92 Å². The first-order chi connectivity index (χ1) is 8.47. The Morgan fingerprint density at radius 2 is 1.94 bits per heavy atom. The number of hydrogen-bond donors (Lipinski definition) is 1. The molecule has 1 saturated heterocycles. The van der Waals surface area contributed by atoms with Gasteiger partial charge in [0.1, 0.15) is 5.60 Å². The number of carbonyl (C=O) groups is 1. The highest BCUT2D eigenvalue weighted by Crippen LogP contribution is 2.31. The van der Waals surface area contributed by atoms with Gasteiger partial charge < -0.3 is 15.0 Å². The molecule has 2 aliphatic rings. The van der Waals surface area contributed by atoms with Crippen molar-refractivity contribution in [3.05, 3.63) is 0 Å². The lowest BCUT2D eigenvalue weighted by Crippen LogP contribution is -2.57. The number of nitrogens with zero attached hydrogens (tertiary/aromatic N) is 1. The van der Waals surface area contributed by atoms with Crippen molar-refractivity contribution in [3.8, 4) is 0 Å². The molecule has 0 aromatic heterocycles. The van der Waals surface area contributed by atoms with E-state index in [0.29, 0.717) is 12.0 Å². The van der Waals surface area contributed by atoms with Gasteiger partial charge in [-0.3, -0.25) is 0 Å². The summed E-state index contributed by atoms with van der Waals surface area (Å²) >= 11 is 0. The largest absolute Gasteiger partial charge is 0.444 e. The zero-order valence-electron chi connectivity index (χ0n) is 11.9. The summed E-state index contributed by atoms with van der Waals surface area (Å²) in [5.41, 5.74) is -0.401. The lowest BCUT2D eigenvalue weighted by molar-refractivity contribution is 0.00475. The van der Waals surface area contributed by atoms with Crippen LogP contribution in [0.3, 0.4) is 0 Å². The van der Waals surface area contributed by atoms with Crippen LogP contribution in [-0.4, -0.2) is 42.3 Å². The highest BCUT2D eigenvalue weighted by atomic mass is 16.6. The summed E-state index contributed by atoms with van der Waals surface area (Å²) < 4.78 is 5.53. The highest BCUT2D eigenvalue weighted by molar-refractivity contribution is 5.68. The van der Waals surface area contributed by atoms with Crippen LogP contribution in [0.1, 0.15) is 46.5 Å². The van der Waals surface area contributed by atoms with E-state index < -0.39 is 5.60 Å². The van der Waals surface area contributed by atoms with Gasteiger partial charge in [0.05, 0.1) is 6.04 Å². The second kappa shape index (κ2) is 5.47. The first-order valence-electron chi connectivity index (χ1n) is 7.18. The Kier molecular flexibility index (Phi) is 4.15. The molecule has 4 nitrogen and oxygen atoms in total. The van der Waals surface area contributed by atoms with Gasteiger partial charge in [-0.05, 0) is 39.5 Å². The molecule has 4 heteroatoms. The molecule has 18 heavy (non-hydrogen) atoms. The van der Waals surface area contributed by atoms with Crippen molar-refractivity contribution < 1.29 is 9.53 Å². The van der Waals surface area contributed by atoms with Gasteiger partial charge in [0, 0.05) is 19.6 Å². The number of rotatable bonds is 1. The SMILES string of the molecule is CC(C)(C)OC(=O)N1CCNC[C@H]1C1CCCC1. The molecule has 1 aliphatic carbocycles. The minimum atomic E-state index is -0.401. The van der Waals surface area contributed by atoms with Gasteiger partial charge in [-0.2, -0.15) is 0 Å². The van der Waals surface area contributed by atoms with E-state index in [-0.39, 0.29) is 6.09 Å². The third-order valence-electron chi connectivity index (χ3n) is 3.86. The lowest BCUT2D eigenvalue weighted by atomic mass is 9.95. The second-order valence-electron chi connectivity index (χ2n) is 6.49. The monoisotopic (exact) mass is 254 g/mol. The maximum absolute atomic E-state index is 12.3. The summed E-state index contributed by atoms with van der Waals surface area (Å²) in [5, 5.41) is 3.41. The summed E-state index contributed by atoms with van der Waals surface area (Å²) in [7, 11) is 0. The summed E-state index contributed by atoms with van der Waals surface area (Å²) in [5.74, 6) is 0.658. The van der Waals surface area contributed by atoms with Gasteiger partial charge in [-0.15, -0.1) is 0 Å². The summed E-state index contributed by atoms with van der Waals surface area (Å²) in [4.78, 5) is 14.2. The molecule has 1 aliphatic heterocycles.